The third kappa shape index (κ3) is 4.32. The number of hydrogen-bond acceptors (Lipinski definition) is 4. The molecular weight excluding hydrogens is 322 g/mol. The molecule has 0 aromatic rings. The lowest BCUT2D eigenvalue weighted by Gasteiger charge is -2.52. The van der Waals surface area contributed by atoms with Crippen LogP contribution in [0.1, 0.15) is 61.8 Å². The van der Waals surface area contributed by atoms with Crippen molar-refractivity contribution >= 4 is 15.9 Å². The van der Waals surface area contributed by atoms with Crippen molar-refractivity contribution in [2.75, 3.05) is 6.54 Å². The Morgan fingerprint density at radius 3 is 2.17 bits per heavy atom. The van der Waals surface area contributed by atoms with Gasteiger partial charge in [0, 0.05) is 0 Å². The van der Waals surface area contributed by atoms with Gasteiger partial charge in [0.1, 0.15) is 5.60 Å². The van der Waals surface area contributed by atoms with Gasteiger partial charge in [0.15, 0.2) is 9.76 Å². The Labute approximate surface area is 150 Å². The topological polar surface area (TPSA) is 59.0 Å². The number of β-amino-alcohol motifs (C(OH)–C–C–N with tert-alkyl or cyclic N) is 1. The maximum atomic E-state index is 12.7. The molecule has 6 heteroatoms. The van der Waals surface area contributed by atoms with E-state index in [4.69, 9.17) is 9.16 Å². The summed E-state index contributed by atoms with van der Waals surface area (Å²) in [6.07, 6.45) is -0.372. The first kappa shape index (κ1) is 21.4. The van der Waals surface area contributed by atoms with Crippen LogP contribution in [0.3, 0.4) is 0 Å². The molecule has 1 N–H and O–H groups in total. The summed E-state index contributed by atoms with van der Waals surface area (Å²) in [5.41, 5.74) is -1.22. The SMILES string of the molecule is C[SiH2]OC(C)([C@H]1C[C@@H](O)CN1C(=O)OC(C)(C)C)C(C)(C)C(C)C. The first-order valence-electron chi connectivity index (χ1n) is 9.08. The molecule has 1 aliphatic rings. The number of aliphatic hydroxyl groups excluding tert-OH is 1. The van der Waals surface area contributed by atoms with E-state index in [2.05, 4.69) is 41.2 Å². The van der Waals surface area contributed by atoms with Crippen LogP contribution in [-0.2, 0) is 9.16 Å². The summed E-state index contributed by atoms with van der Waals surface area (Å²) in [6, 6.07) is -0.188. The second-order valence-electron chi connectivity index (χ2n) is 8.95. The van der Waals surface area contributed by atoms with Crippen LogP contribution >= 0.6 is 0 Å². The molecule has 1 rings (SSSR count). The van der Waals surface area contributed by atoms with Crippen LogP contribution in [0, 0.1) is 11.3 Å². The highest BCUT2D eigenvalue weighted by atomic mass is 28.2. The summed E-state index contributed by atoms with van der Waals surface area (Å²) in [6.45, 7) is 18.8. The largest absolute Gasteiger partial charge is 0.444 e. The maximum absolute atomic E-state index is 12.7. The minimum atomic E-state index is -0.694. The van der Waals surface area contributed by atoms with Gasteiger partial charge in [-0.3, -0.25) is 4.90 Å². The Hall–Kier alpha value is -0.593. The van der Waals surface area contributed by atoms with E-state index < -0.39 is 27.1 Å². The molecule has 0 saturated carbocycles. The Bertz CT molecular complexity index is 447. The van der Waals surface area contributed by atoms with E-state index in [0.29, 0.717) is 18.9 Å². The molecule has 1 fully saturated rings. The highest BCUT2D eigenvalue weighted by molar-refractivity contribution is 6.25. The fourth-order valence-corrected chi connectivity index (χ4v) is 4.61. The number of likely N-dealkylation sites (tertiary alicyclic amines) is 1. The van der Waals surface area contributed by atoms with Crippen molar-refractivity contribution in [1.82, 2.24) is 4.90 Å². The monoisotopic (exact) mass is 359 g/mol. The summed E-state index contributed by atoms with van der Waals surface area (Å²) in [7, 11) is -0.694. The van der Waals surface area contributed by atoms with E-state index in [0.717, 1.165) is 0 Å². The van der Waals surface area contributed by atoms with Crippen molar-refractivity contribution in [2.45, 2.75) is 91.7 Å². The van der Waals surface area contributed by atoms with Crippen molar-refractivity contribution in [3.63, 3.8) is 0 Å². The van der Waals surface area contributed by atoms with Crippen LogP contribution in [0.4, 0.5) is 4.79 Å². The molecule has 1 unspecified atom stereocenters. The summed E-state index contributed by atoms with van der Waals surface area (Å²) in [5.74, 6) is 0.376. The summed E-state index contributed by atoms with van der Waals surface area (Å²) < 4.78 is 12.0. The Morgan fingerprint density at radius 2 is 1.75 bits per heavy atom. The zero-order valence-corrected chi connectivity index (χ0v) is 18.4. The standard InChI is InChI=1S/C18H37NO4Si/c1-12(2)17(6,7)18(8,23-24-9)14-10-13(20)11-19(14)15(21)22-16(3,4)5/h12-14,20H,10-11,24H2,1-9H3/t13-,14-,18?/m1/s1. The van der Waals surface area contributed by atoms with Gasteiger partial charge >= 0.3 is 6.09 Å². The summed E-state index contributed by atoms with van der Waals surface area (Å²) in [5, 5.41) is 10.3. The molecule has 5 nitrogen and oxygen atoms in total. The minimum Gasteiger partial charge on any atom is -0.444 e. The van der Waals surface area contributed by atoms with E-state index in [1.165, 1.54) is 0 Å². The number of carbonyl (C=O) groups excluding carboxylic acids is 1. The van der Waals surface area contributed by atoms with E-state index in [1.807, 2.05) is 20.8 Å². The van der Waals surface area contributed by atoms with Crippen LogP contribution in [-0.4, -0.2) is 55.8 Å². The quantitative estimate of drug-likeness (QED) is 0.767. The van der Waals surface area contributed by atoms with Crippen molar-refractivity contribution in [3.05, 3.63) is 0 Å². The molecule has 0 bridgehead atoms. The molecule has 0 aromatic carbocycles. The fourth-order valence-electron chi connectivity index (χ4n) is 3.44. The highest BCUT2D eigenvalue weighted by Crippen LogP contribution is 2.47. The smallest absolute Gasteiger partial charge is 0.410 e. The lowest BCUT2D eigenvalue weighted by atomic mass is 9.65. The third-order valence-electron chi connectivity index (χ3n) is 5.71. The van der Waals surface area contributed by atoms with Crippen molar-refractivity contribution < 1.29 is 19.1 Å². The van der Waals surface area contributed by atoms with E-state index >= 15 is 0 Å². The second kappa shape index (κ2) is 7.34. The zero-order valence-electron chi connectivity index (χ0n) is 17.0. The first-order chi connectivity index (χ1) is 10.8. The number of amides is 1. The van der Waals surface area contributed by atoms with Gasteiger partial charge in [0.25, 0.3) is 0 Å². The number of nitrogens with zero attached hydrogens (tertiary/aromatic N) is 1. The molecule has 24 heavy (non-hydrogen) atoms. The number of hydrogen-bond donors (Lipinski definition) is 1. The molecule has 0 aromatic heterocycles. The van der Waals surface area contributed by atoms with Crippen LogP contribution in [0.2, 0.25) is 6.55 Å². The molecule has 3 atom stereocenters. The maximum Gasteiger partial charge on any atom is 0.410 e. The average Bonchev–Trinajstić information content (AvgIpc) is 2.79. The number of ether oxygens (including phenoxy) is 1. The van der Waals surface area contributed by atoms with E-state index in [9.17, 15) is 9.90 Å². The van der Waals surface area contributed by atoms with Gasteiger partial charge < -0.3 is 14.3 Å². The van der Waals surface area contributed by atoms with Crippen LogP contribution < -0.4 is 0 Å². The molecule has 1 saturated heterocycles. The third-order valence-corrected chi connectivity index (χ3v) is 6.60. The van der Waals surface area contributed by atoms with Crippen molar-refractivity contribution in [2.24, 2.45) is 11.3 Å². The van der Waals surface area contributed by atoms with Crippen LogP contribution in [0.25, 0.3) is 0 Å². The predicted molar refractivity (Wildman–Crippen MR) is 99.9 cm³/mol. The lowest BCUT2D eigenvalue weighted by Crippen LogP contribution is -2.61. The van der Waals surface area contributed by atoms with Gasteiger partial charge in [-0.05, 0) is 45.4 Å². The van der Waals surface area contributed by atoms with Gasteiger partial charge in [-0.25, -0.2) is 4.79 Å². The molecule has 0 radical (unpaired) electrons. The number of rotatable bonds is 5. The van der Waals surface area contributed by atoms with Gasteiger partial charge in [-0.15, -0.1) is 0 Å². The molecule has 0 aliphatic carbocycles. The summed E-state index contributed by atoms with van der Waals surface area (Å²) >= 11 is 0. The molecule has 142 valence electrons. The van der Waals surface area contributed by atoms with Gasteiger partial charge in [-0.2, -0.15) is 0 Å². The summed E-state index contributed by atoms with van der Waals surface area (Å²) in [4.78, 5) is 14.4. The van der Waals surface area contributed by atoms with Crippen LogP contribution in [0.5, 0.6) is 0 Å². The number of aliphatic hydroxyl groups is 1. The number of carbonyl (C=O) groups is 1. The molecule has 1 heterocycles. The second-order valence-corrected chi connectivity index (χ2v) is 9.82. The van der Waals surface area contributed by atoms with Crippen molar-refractivity contribution in [3.8, 4) is 0 Å². The van der Waals surface area contributed by atoms with Crippen molar-refractivity contribution in [1.29, 1.82) is 0 Å². The average molecular weight is 360 g/mol. The van der Waals surface area contributed by atoms with E-state index in [1.54, 1.807) is 4.90 Å². The Kier molecular flexibility index (Phi) is 6.56. The fraction of sp³-hybridized carbons (Fsp3) is 0.944. The molecule has 0 spiro atoms. The highest BCUT2D eigenvalue weighted by Gasteiger charge is 2.55. The predicted octanol–water partition coefficient (Wildman–Crippen LogP) is 2.95. The normalized spacial score (nSPS) is 25.5. The Morgan fingerprint density at radius 1 is 1.21 bits per heavy atom. The molecular formula is C18H37NO4Si. The van der Waals surface area contributed by atoms with Crippen LogP contribution in [0.15, 0.2) is 0 Å². The van der Waals surface area contributed by atoms with Gasteiger partial charge in [0.05, 0.1) is 24.3 Å². The molecule has 1 amide bonds. The van der Waals surface area contributed by atoms with Gasteiger partial charge in [-0.1, -0.05) is 34.2 Å². The lowest BCUT2D eigenvalue weighted by molar-refractivity contribution is -0.102. The zero-order chi connectivity index (χ0) is 18.9. The Balaban J connectivity index is 3.22. The minimum absolute atomic E-state index is 0.148. The first-order valence-corrected chi connectivity index (χ1v) is 11.1. The molecule has 1 aliphatic heterocycles. The van der Waals surface area contributed by atoms with Gasteiger partial charge in [0.2, 0.25) is 0 Å². The van der Waals surface area contributed by atoms with E-state index in [-0.39, 0.29) is 17.6 Å².